The maximum absolute atomic E-state index is 12.8. The number of rotatable bonds is 1. The van der Waals surface area contributed by atoms with Crippen LogP contribution in [-0.4, -0.2) is 47.8 Å². The van der Waals surface area contributed by atoms with Crippen molar-refractivity contribution in [3.8, 4) is 0 Å². The van der Waals surface area contributed by atoms with Gasteiger partial charge in [-0.25, -0.2) is 4.39 Å². The summed E-state index contributed by atoms with van der Waals surface area (Å²) >= 11 is 0. The third kappa shape index (κ3) is 3.30. The minimum absolute atomic E-state index is 0.0380. The van der Waals surface area contributed by atoms with Crippen molar-refractivity contribution in [2.24, 2.45) is 0 Å². The summed E-state index contributed by atoms with van der Waals surface area (Å²) < 4.78 is 12.8. The molecule has 0 aliphatic carbocycles. The normalized spacial score (nSPS) is 16.1. The molecular formula is C14H17FN2O2. The van der Waals surface area contributed by atoms with Crippen LogP contribution in [0.3, 0.4) is 0 Å². The molecule has 0 atom stereocenters. The minimum Gasteiger partial charge on any atom is -0.341 e. The van der Waals surface area contributed by atoms with E-state index < -0.39 is 0 Å². The van der Waals surface area contributed by atoms with E-state index in [9.17, 15) is 14.0 Å². The van der Waals surface area contributed by atoms with Gasteiger partial charge < -0.3 is 9.80 Å². The van der Waals surface area contributed by atoms with Crippen LogP contribution in [-0.2, 0) is 4.79 Å². The lowest BCUT2D eigenvalue weighted by atomic mass is 10.2. The number of benzene rings is 1. The zero-order valence-electron chi connectivity index (χ0n) is 10.9. The Bertz CT molecular complexity index is 473. The Kier molecular flexibility index (Phi) is 4.14. The molecule has 1 aliphatic rings. The van der Waals surface area contributed by atoms with Gasteiger partial charge in [-0.05, 0) is 30.7 Å². The summed E-state index contributed by atoms with van der Waals surface area (Å²) in [4.78, 5) is 27.0. The molecule has 0 radical (unpaired) electrons. The Labute approximate surface area is 111 Å². The van der Waals surface area contributed by atoms with Gasteiger partial charge in [0.25, 0.3) is 5.91 Å². The Morgan fingerprint density at radius 3 is 2.21 bits per heavy atom. The quantitative estimate of drug-likeness (QED) is 0.771. The zero-order valence-corrected chi connectivity index (χ0v) is 10.9. The first-order valence-corrected chi connectivity index (χ1v) is 6.38. The van der Waals surface area contributed by atoms with Gasteiger partial charge in [0.1, 0.15) is 5.82 Å². The molecule has 1 aromatic rings. The predicted molar refractivity (Wildman–Crippen MR) is 69.2 cm³/mol. The van der Waals surface area contributed by atoms with Gasteiger partial charge in [0.2, 0.25) is 5.91 Å². The van der Waals surface area contributed by atoms with Crippen LogP contribution < -0.4 is 0 Å². The summed E-state index contributed by atoms with van der Waals surface area (Å²) in [5, 5.41) is 0. The lowest BCUT2D eigenvalue weighted by molar-refractivity contribution is -0.128. The maximum Gasteiger partial charge on any atom is 0.253 e. The van der Waals surface area contributed by atoms with E-state index in [0.29, 0.717) is 31.7 Å². The van der Waals surface area contributed by atoms with Crippen molar-refractivity contribution in [2.75, 3.05) is 26.2 Å². The van der Waals surface area contributed by atoms with Crippen LogP contribution in [0.15, 0.2) is 24.3 Å². The van der Waals surface area contributed by atoms with Crippen molar-refractivity contribution in [3.63, 3.8) is 0 Å². The molecule has 102 valence electrons. The summed E-state index contributed by atoms with van der Waals surface area (Å²) in [6.07, 6.45) is 0.770. The predicted octanol–water partition coefficient (Wildman–Crippen LogP) is 1.52. The highest BCUT2D eigenvalue weighted by Gasteiger charge is 2.21. The van der Waals surface area contributed by atoms with Gasteiger partial charge in [-0.15, -0.1) is 0 Å². The van der Waals surface area contributed by atoms with Crippen molar-refractivity contribution in [3.05, 3.63) is 35.6 Å². The topological polar surface area (TPSA) is 40.6 Å². The Balaban J connectivity index is 2.03. The van der Waals surface area contributed by atoms with E-state index in [-0.39, 0.29) is 17.6 Å². The number of hydrogen-bond acceptors (Lipinski definition) is 2. The first kappa shape index (κ1) is 13.5. The summed E-state index contributed by atoms with van der Waals surface area (Å²) in [7, 11) is 0. The molecule has 1 fully saturated rings. The lowest BCUT2D eigenvalue weighted by Crippen LogP contribution is -2.36. The summed E-state index contributed by atoms with van der Waals surface area (Å²) in [5.74, 6) is -0.420. The molecule has 0 spiro atoms. The summed E-state index contributed by atoms with van der Waals surface area (Å²) in [6, 6.07) is 5.55. The zero-order chi connectivity index (χ0) is 13.8. The molecular weight excluding hydrogens is 247 g/mol. The van der Waals surface area contributed by atoms with E-state index in [4.69, 9.17) is 0 Å². The van der Waals surface area contributed by atoms with E-state index in [1.165, 1.54) is 31.2 Å². The van der Waals surface area contributed by atoms with Crippen molar-refractivity contribution in [1.82, 2.24) is 9.80 Å². The number of carbonyl (C=O) groups excluding carboxylic acids is 2. The minimum atomic E-state index is -0.352. The van der Waals surface area contributed by atoms with Crippen molar-refractivity contribution < 1.29 is 14.0 Å². The molecule has 1 saturated heterocycles. The van der Waals surface area contributed by atoms with Crippen LogP contribution in [0.1, 0.15) is 23.7 Å². The van der Waals surface area contributed by atoms with Crippen molar-refractivity contribution >= 4 is 11.8 Å². The van der Waals surface area contributed by atoms with Crippen LogP contribution in [0.5, 0.6) is 0 Å². The molecule has 0 aromatic heterocycles. The molecule has 1 heterocycles. The smallest absolute Gasteiger partial charge is 0.253 e. The third-order valence-electron chi connectivity index (χ3n) is 3.32. The van der Waals surface area contributed by atoms with Crippen LogP contribution in [0.25, 0.3) is 0 Å². The monoisotopic (exact) mass is 264 g/mol. The van der Waals surface area contributed by atoms with Gasteiger partial charge in [0.05, 0.1) is 0 Å². The number of carbonyl (C=O) groups is 2. The van der Waals surface area contributed by atoms with Gasteiger partial charge in [-0.2, -0.15) is 0 Å². The lowest BCUT2D eigenvalue weighted by Gasteiger charge is -2.21. The molecule has 0 bridgehead atoms. The second kappa shape index (κ2) is 5.82. The first-order chi connectivity index (χ1) is 9.08. The van der Waals surface area contributed by atoms with Gasteiger partial charge >= 0.3 is 0 Å². The first-order valence-electron chi connectivity index (χ1n) is 6.38. The van der Waals surface area contributed by atoms with E-state index in [2.05, 4.69) is 0 Å². The second-order valence-corrected chi connectivity index (χ2v) is 4.66. The molecule has 2 rings (SSSR count). The number of nitrogens with zero attached hydrogens (tertiary/aromatic N) is 2. The van der Waals surface area contributed by atoms with Crippen LogP contribution in [0.2, 0.25) is 0 Å². The molecule has 0 unspecified atom stereocenters. The third-order valence-corrected chi connectivity index (χ3v) is 3.32. The Hall–Kier alpha value is -1.91. The largest absolute Gasteiger partial charge is 0.341 e. The van der Waals surface area contributed by atoms with E-state index in [0.717, 1.165) is 6.42 Å². The fourth-order valence-electron chi connectivity index (χ4n) is 2.21. The highest BCUT2D eigenvalue weighted by Crippen LogP contribution is 2.10. The number of amides is 2. The van der Waals surface area contributed by atoms with Crippen LogP contribution >= 0.6 is 0 Å². The second-order valence-electron chi connectivity index (χ2n) is 4.66. The molecule has 1 aliphatic heterocycles. The Morgan fingerprint density at radius 1 is 1.00 bits per heavy atom. The Morgan fingerprint density at radius 2 is 1.58 bits per heavy atom. The van der Waals surface area contributed by atoms with E-state index in [1.807, 2.05) is 0 Å². The van der Waals surface area contributed by atoms with E-state index >= 15 is 0 Å². The standard InChI is InChI=1S/C14H17FN2O2/c1-11(18)16-7-2-8-17(10-9-16)14(19)12-3-5-13(15)6-4-12/h3-6H,2,7-10H2,1H3. The molecule has 5 heteroatoms. The van der Waals surface area contributed by atoms with Crippen LogP contribution in [0.4, 0.5) is 4.39 Å². The highest BCUT2D eigenvalue weighted by molar-refractivity contribution is 5.94. The van der Waals surface area contributed by atoms with Crippen molar-refractivity contribution in [2.45, 2.75) is 13.3 Å². The highest BCUT2D eigenvalue weighted by atomic mass is 19.1. The maximum atomic E-state index is 12.8. The fraction of sp³-hybridized carbons (Fsp3) is 0.429. The molecule has 0 saturated carbocycles. The number of hydrogen-bond donors (Lipinski definition) is 0. The van der Waals surface area contributed by atoms with Gasteiger partial charge in [-0.3, -0.25) is 9.59 Å². The molecule has 0 N–H and O–H groups in total. The summed E-state index contributed by atoms with van der Waals surface area (Å²) in [5.41, 5.74) is 0.484. The van der Waals surface area contributed by atoms with Crippen LogP contribution in [0, 0.1) is 5.82 Å². The molecule has 1 aromatic carbocycles. The SMILES string of the molecule is CC(=O)N1CCCN(C(=O)c2ccc(F)cc2)CC1. The average Bonchev–Trinajstić information content (AvgIpc) is 2.64. The number of halogens is 1. The molecule has 19 heavy (non-hydrogen) atoms. The van der Waals surface area contributed by atoms with Gasteiger partial charge in [0, 0.05) is 38.7 Å². The van der Waals surface area contributed by atoms with E-state index in [1.54, 1.807) is 9.80 Å². The molecule has 2 amide bonds. The average molecular weight is 264 g/mol. The fourth-order valence-corrected chi connectivity index (χ4v) is 2.21. The summed E-state index contributed by atoms with van der Waals surface area (Å²) in [6.45, 7) is 3.93. The molecule has 4 nitrogen and oxygen atoms in total. The van der Waals surface area contributed by atoms with Gasteiger partial charge in [-0.1, -0.05) is 0 Å². The van der Waals surface area contributed by atoms with Crippen molar-refractivity contribution in [1.29, 1.82) is 0 Å². The van der Waals surface area contributed by atoms with Gasteiger partial charge in [0.15, 0.2) is 0 Å².